The van der Waals surface area contributed by atoms with Crippen LogP contribution in [-0.2, 0) is 11.4 Å². The number of hydrogen-bond acceptors (Lipinski definition) is 4. The van der Waals surface area contributed by atoms with Crippen LogP contribution in [0.25, 0.3) is 0 Å². The Morgan fingerprint density at radius 3 is 2.86 bits per heavy atom. The third-order valence-electron chi connectivity index (χ3n) is 2.72. The number of halogens is 1. The monoisotopic (exact) mass is 290 g/mol. The molecular formula is C15H15FN2O3. The number of aliphatic hydroxyl groups is 1. The van der Waals surface area contributed by atoms with Crippen LogP contribution in [0.2, 0.25) is 0 Å². The lowest BCUT2D eigenvalue weighted by Gasteiger charge is -2.09. The first-order valence-electron chi connectivity index (χ1n) is 6.26. The molecule has 2 rings (SSSR count). The highest BCUT2D eigenvalue weighted by Crippen LogP contribution is 2.17. The van der Waals surface area contributed by atoms with E-state index in [2.05, 4.69) is 5.32 Å². The molecule has 5 nitrogen and oxygen atoms in total. The maximum Gasteiger partial charge on any atom is 0.262 e. The number of amides is 1. The number of nitrogens with two attached hydrogens (primary N) is 1. The zero-order valence-electron chi connectivity index (χ0n) is 11.2. The van der Waals surface area contributed by atoms with Gasteiger partial charge in [0.2, 0.25) is 0 Å². The predicted molar refractivity (Wildman–Crippen MR) is 77.3 cm³/mol. The minimum absolute atomic E-state index is 0.00714. The van der Waals surface area contributed by atoms with E-state index in [9.17, 15) is 9.18 Å². The van der Waals surface area contributed by atoms with Crippen molar-refractivity contribution in [2.75, 3.05) is 17.7 Å². The smallest absolute Gasteiger partial charge is 0.262 e. The van der Waals surface area contributed by atoms with Crippen LogP contribution in [0.3, 0.4) is 0 Å². The van der Waals surface area contributed by atoms with E-state index in [0.717, 1.165) is 0 Å². The SMILES string of the molecule is Nc1ccc(F)c(NC(=O)COc2cccc(CO)c2)c1. The molecule has 0 saturated carbocycles. The molecule has 0 aliphatic rings. The van der Waals surface area contributed by atoms with Gasteiger partial charge in [-0.1, -0.05) is 12.1 Å². The Labute approximate surface area is 121 Å². The average Bonchev–Trinajstić information content (AvgIpc) is 2.49. The van der Waals surface area contributed by atoms with Crippen molar-refractivity contribution >= 4 is 17.3 Å². The van der Waals surface area contributed by atoms with Crippen molar-refractivity contribution in [3.63, 3.8) is 0 Å². The zero-order chi connectivity index (χ0) is 15.2. The van der Waals surface area contributed by atoms with Gasteiger partial charge in [0.15, 0.2) is 6.61 Å². The fourth-order valence-corrected chi connectivity index (χ4v) is 1.71. The van der Waals surface area contributed by atoms with E-state index < -0.39 is 11.7 Å². The van der Waals surface area contributed by atoms with Crippen molar-refractivity contribution in [1.82, 2.24) is 0 Å². The quantitative estimate of drug-likeness (QED) is 0.734. The molecule has 2 aromatic rings. The summed E-state index contributed by atoms with van der Waals surface area (Å²) >= 11 is 0. The standard InChI is InChI=1S/C15H15FN2O3/c16-13-5-4-11(17)7-14(13)18-15(20)9-21-12-3-1-2-10(6-12)8-19/h1-7,19H,8-9,17H2,(H,18,20). The van der Waals surface area contributed by atoms with Crippen LogP contribution >= 0.6 is 0 Å². The Balaban J connectivity index is 1.94. The van der Waals surface area contributed by atoms with Crippen LogP contribution in [0.4, 0.5) is 15.8 Å². The number of nitrogen functional groups attached to an aromatic ring is 1. The fourth-order valence-electron chi connectivity index (χ4n) is 1.71. The predicted octanol–water partition coefficient (Wildman–Crippen LogP) is 1.92. The third-order valence-corrected chi connectivity index (χ3v) is 2.72. The lowest BCUT2D eigenvalue weighted by Crippen LogP contribution is -2.21. The molecule has 2 aromatic carbocycles. The summed E-state index contributed by atoms with van der Waals surface area (Å²) in [6, 6.07) is 10.6. The highest BCUT2D eigenvalue weighted by atomic mass is 19.1. The van der Waals surface area contributed by atoms with Gasteiger partial charge in [0, 0.05) is 5.69 Å². The second-order valence-corrected chi connectivity index (χ2v) is 4.38. The molecule has 0 spiro atoms. The van der Waals surface area contributed by atoms with Gasteiger partial charge in [0.1, 0.15) is 11.6 Å². The van der Waals surface area contributed by atoms with Gasteiger partial charge in [-0.3, -0.25) is 4.79 Å². The summed E-state index contributed by atoms with van der Waals surface area (Å²) in [5, 5.41) is 11.4. The van der Waals surface area contributed by atoms with Crippen molar-refractivity contribution in [1.29, 1.82) is 0 Å². The van der Waals surface area contributed by atoms with E-state index in [-0.39, 0.29) is 18.9 Å². The number of aliphatic hydroxyl groups excluding tert-OH is 1. The first-order valence-corrected chi connectivity index (χ1v) is 6.26. The van der Waals surface area contributed by atoms with E-state index in [1.807, 2.05) is 0 Å². The highest BCUT2D eigenvalue weighted by Gasteiger charge is 2.08. The largest absolute Gasteiger partial charge is 0.484 e. The molecule has 6 heteroatoms. The molecule has 21 heavy (non-hydrogen) atoms. The molecule has 0 heterocycles. The fraction of sp³-hybridized carbons (Fsp3) is 0.133. The van der Waals surface area contributed by atoms with Crippen molar-refractivity contribution < 1.29 is 19.0 Å². The first-order chi connectivity index (χ1) is 10.1. The topological polar surface area (TPSA) is 84.6 Å². The van der Waals surface area contributed by atoms with Gasteiger partial charge in [-0.25, -0.2) is 4.39 Å². The molecule has 0 bridgehead atoms. The van der Waals surface area contributed by atoms with Crippen molar-refractivity contribution in [2.24, 2.45) is 0 Å². The van der Waals surface area contributed by atoms with Crippen molar-refractivity contribution in [2.45, 2.75) is 6.61 Å². The molecule has 0 aliphatic heterocycles. The molecule has 110 valence electrons. The van der Waals surface area contributed by atoms with Gasteiger partial charge >= 0.3 is 0 Å². The number of ether oxygens (including phenoxy) is 1. The number of rotatable bonds is 5. The summed E-state index contributed by atoms with van der Waals surface area (Å²) in [7, 11) is 0. The molecule has 0 atom stereocenters. The van der Waals surface area contributed by atoms with Crippen LogP contribution in [0.15, 0.2) is 42.5 Å². The molecule has 0 fully saturated rings. The van der Waals surface area contributed by atoms with E-state index in [1.54, 1.807) is 24.3 Å². The van der Waals surface area contributed by atoms with Gasteiger partial charge < -0.3 is 20.9 Å². The molecular weight excluding hydrogens is 275 g/mol. The molecule has 0 aromatic heterocycles. The summed E-state index contributed by atoms with van der Waals surface area (Å²) in [4.78, 5) is 11.7. The van der Waals surface area contributed by atoms with Crippen LogP contribution in [-0.4, -0.2) is 17.6 Å². The third kappa shape index (κ3) is 4.19. The minimum Gasteiger partial charge on any atom is -0.484 e. The van der Waals surface area contributed by atoms with Crippen LogP contribution < -0.4 is 15.8 Å². The minimum atomic E-state index is -0.570. The number of benzene rings is 2. The Hall–Kier alpha value is -2.60. The Morgan fingerprint density at radius 1 is 1.29 bits per heavy atom. The Bertz CT molecular complexity index is 647. The second kappa shape index (κ2) is 6.71. The number of anilines is 2. The van der Waals surface area contributed by atoms with Gasteiger partial charge in [-0.05, 0) is 35.9 Å². The number of nitrogens with one attached hydrogen (secondary N) is 1. The summed E-state index contributed by atoms with van der Waals surface area (Å²) in [6.07, 6.45) is 0. The Kier molecular flexibility index (Phi) is 4.73. The lowest BCUT2D eigenvalue weighted by molar-refractivity contribution is -0.118. The summed E-state index contributed by atoms with van der Waals surface area (Å²) in [5.74, 6) is -0.626. The molecule has 1 amide bonds. The number of hydrogen-bond donors (Lipinski definition) is 3. The van der Waals surface area contributed by atoms with Gasteiger partial charge in [0.25, 0.3) is 5.91 Å². The van der Waals surface area contributed by atoms with E-state index in [0.29, 0.717) is 17.0 Å². The van der Waals surface area contributed by atoms with Gasteiger partial charge in [0.05, 0.1) is 12.3 Å². The normalized spacial score (nSPS) is 10.2. The Morgan fingerprint density at radius 2 is 2.10 bits per heavy atom. The molecule has 0 aliphatic carbocycles. The van der Waals surface area contributed by atoms with Crippen LogP contribution in [0.5, 0.6) is 5.75 Å². The summed E-state index contributed by atoms with van der Waals surface area (Å²) in [5.41, 5.74) is 6.56. The average molecular weight is 290 g/mol. The van der Waals surface area contributed by atoms with E-state index in [4.69, 9.17) is 15.6 Å². The zero-order valence-corrected chi connectivity index (χ0v) is 11.2. The van der Waals surface area contributed by atoms with Gasteiger partial charge in [-0.15, -0.1) is 0 Å². The maximum atomic E-state index is 13.5. The van der Waals surface area contributed by atoms with Crippen molar-refractivity contribution in [3.8, 4) is 5.75 Å². The van der Waals surface area contributed by atoms with E-state index in [1.165, 1.54) is 18.2 Å². The molecule has 0 unspecified atom stereocenters. The molecule has 0 saturated heterocycles. The summed E-state index contributed by atoms with van der Waals surface area (Å²) in [6.45, 7) is -0.388. The van der Waals surface area contributed by atoms with Crippen LogP contribution in [0, 0.1) is 5.82 Å². The van der Waals surface area contributed by atoms with Crippen molar-refractivity contribution in [3.05, 3.63) is 53.8 Å². The second-order valence-electron chi connectivity index (χ2n) is 4.38. The maximum absolute atomic E-state index is 13.5. The number of carbonyl (C=O) groups is 1. The molecule has 4 N–H and O–H groups in total. The highest BCUT2D eigenvalue weighted by molar-refractivity contribution is 5.92. The van der Waals surface area contributed by atoms with Crippen LogP contribution in [0.1, 0.15) is 5.56 Å². The molecule has 0 radical (unpaired) electrons. The lowest BCUT2D eigenvalue weighted by atomic mass is 10.2. The van der Waals surface area contributed by atoms with Gasteiger partial charge in [-0.2, -0.15) is 0 Å². The summed E-state index contributed by atoms with van der Waals surface area (Å²) < 4.78 is 18.7. The van der Waals surface area contributed by atoms with E-state index >= 15 is 0 Å². The first kappa shape index (κ1) is 14.8. The number of carbonyl (C=O) groups excluding carboxylic acids is 1.